The van der Waals surface area contributed by atoms with Crippen LogP contribution in [0.25, 0.3) is 0 Å². The molecular weight excluding hydrogens is 232 g/mol. The zero-order chi connectivity index (χ0) is 12.4. The molecule has 94 valence electrons. The molecule has 1 aromatic rings. The maximum Gasteiger partial charge on any atom is 0.143 e. The van der Waals surface area contributed by atoms with Crippen molar-refractivity contribution in [3.05, 3.63) is 11.4 Å². The van der Waals surface area contributed by atoms with Crippen LogP contribution in [-0.2, 0) is 13.0 Å². The van der Waals surface area contributed by atoms with Gasteiger partial charge in [-0.2, -0.15) is 0 Å². The highest BCUT2D eigenvalue weighted by atomic mass is 32.1. The third kappa shape index (κ3) is 3.25. The molecule has 2 N–H and O–H groups in total. The average Bonchev–Trinajstić information content (AvgIpc) is 2.95. The van der Waals surface area contributed by atoms with Crippen LogP contribution in [0.4, 0.5) is 0 Å². The smallest absolute Gasteiger partial charge is 0.143 e. The van der Waals surface area contributed by atoms with E-state index < -0.39 is 0 Å². The van der Waals surface area contributed by atoms with Crippen molar-refractivity contribution in [3.8, 4) is 0 Å². The molecule has 0 unspecified atom stereocenters. The standard InChI is InChI=1S/C12H20N4S/c1-8(2)5-6-16-10(7-9-3-4-9)11(12(13)17)14-15-16/h8-9H,3-7H2,1-2H3,(H2,13,17). The summed E-state index contributed by atoms with van der Waals surface area (Å²) < 4.78 is 1.99. The summed E-state index contributed by atoms with van der Waals surface area (Å²) in [5.74, 6) is 1.46. The molecule has 0 spiro atoms. The molecule has 0 atom stereocenters. The van der Waals surface area contributed by atoms with Crippen LogP contribution in [0.2, 0.25) is 0 Å². The van der Waals surface area contributed by atoms with Crippen LogP contribution in [0.15, 0.2) is 0 Å². The van der Waals surface area contributed by atoms with E-state index in [0.29, 0.717) is 10.9 Å². The fourth-order valence-corrected chi connectivity index (χ4v) is 2.04. The molecule has 17 heavy (non-hydrogen) atoms. The van der Waals surface area contributed by atoms with Gasteiger partial charge in [0.2, 0.25) is 0 Å². The lowest BCUT2D eigenvalue weighted by atomic mass is 10.1. The molecule has 0 amide bonds. The van der Waals surface area contributed by atoms with Crippen molar-refractivity contribution in [2.75, 3.05) is 0 Å². The third-order valence-corrected chi connectivity index (χ3v) is 3.36. The van der Waals surface area contributed by atoms with E-state index in [9.17, 15) is 0 Å². The zero-order valence-electron chi connectivity index (χ0n) is 10.5. The highest BCUT2D eigenvalue weighted by molar-refractivity contribution is 7.80. The molecule has 0 saturated heterocycles. The largest absolute Gasteiger partial charge is 0.388 e. The van der Waals surface area contributed by atoms with Gasteiger partial charge in [-0.05, 0) is 37.5 Å². The quantitative estimate of drug-likeness (QED) is 0.786. The Kier molecular flexibility index (Phi) is 3.76. The van der Waals surface area contributed by atoms with Crippen molar-refractivity contribution in [1.82, 2.24) is 15.0 Å². The Morgan fingerprint density at radius 2 is 2.24 bits per heavy atom. The van der Waals surface area contributed by atoms with E-state index in [1.54, 1.807) is 0 Å². The Hall–Kier alpha value is -0.970. The normalized spacial score (nSPS) is 15.5. The first-order valence-corrected chi connectivity index (χ1v) is 6.71. The van der Waals surface area contributed by atoms with E-state index in [-0.39, 0.29) is 0 Å². The SMILES string of the molecule is CC(C)CCn1nnc(C(N)=S)c1CC1CC1. The van der Waals surface area contributed by atoms with Crippen molar-refractivity contribution in [2.24, 2.45) is 17.6 Å². The molecular formula is C12H20N4S. The number of hydrogen-bond acceptors (Lipinski definition) is 3. The molecule has 0 aromatic carbocycles. The van der Waals surface area contributed by atoms with Crippen LogP contribution in [0, 0.1) is 11.8 Å². The van der Waals surface area contributed by atoms with Gasteiger partial charge in [-0.3, -0.25) is 0 Å². The first-order valence-electron chi connectivity index (χ1n) is 6.30. The summed E-state index contributed by atoms with van der Waals surface area (Å²) in [6.07, 6.45) is 4.76. The maximum atomic E-state index is 5.70. The summed E-state index contributed by atoms with van der Waals surface area (Å²) in [5.41, 5.74) is 7.57. The summed E-state index contributed by atoms with van der Waals surface area (Å²) in [6, 6.07) is 0. The Balaban J connectivity index is 2.14. The number of aryl methyl sites for hydroxylation is 1. The lowest BCUT2D eigenvalue weighted by molar-refractivity contribution is 0.464. The molecule has 1 fully saturated rings. The summed E-state index contributed by atoms with van der Waals surface area (Å²) in [6.45, 7) is 5.34. The minimum absolute atomic E-state index is 0.372. The molecule has 1 aromatic heterocycles. The van der Waals surface area contributed by atoms with Gasteiger partial charge >= 0.3 is 0 Å². The van der Waals surface area contributed by atoms with Gasteiger partial charge < -0.3 is 5.73 Å². The van der Waals surface area contributed by atoms with Crippen molar-refractivity contribution in [2.45, 2.75) is 46.1 Å². The lowest BCUT2D eigenvalue weighted by Crippen LogP contribution is -2.15. The Morgan fingerprint density at radius 1 is 1.53 bits per heavy atom. The molecule has 5 heteroatoms. The Morgan fingerprint density at radius 3 is 2.76 bits per heavy atom. The van der Waals surface area contributed by atoms with E-state index in [4.69, 9.17) is 18.0 Å². The van der Waals surface area contributed by atoms with Crippen LogP contribution in [0.5, 0.6) is 0 Å². The lowest BCUT2D eigenvalue weighted by Gasteiger charge is -2.08. The summed E-state index contributed by atoms with van der Waals surface area (Å²) in [7, 11) is 0. The number of hydrogen-bond donors (Lipinski definition) is 1. The van der Waals surface area contributed by atoms with E-state index in [1.165, 1.54) is 12.8 Å². The van der Waals surface area contributed by atoms with E-state index in [0.717, 1.165) is 36.7 Å². The summed E-state index contributed by atoms with van der Waals surface area (Å²) in [4.78, 5) is 0.372. The minimum Gasteiger partial charge on any atom is -0.388 e. The first-order chi connectivity index (χ1) is 8.08. The fraction of sp³-hybridized carbons (Fsp3) is 0.750. The van der Waals surface area contributed by atoms with Crippen molar-refractivity contribution in [3.63, 3.8) is 0 Å². The second-order valence-corrected chi connectivity index (χ2v) is 5.74. The van der Waals surface area contributed by atoms with Gasteiger partial charge in [-0.15, -0.1) is 5.10 Å². The number of rotatable bonds is 6. The predicted molar refractivity (Wildman–Crippen MR) is 71.8 cm³/mol. The molecule has 0 aliphatic heterocycles. The van der Waals surface area contributed by atoms with Crippen LogP contribution >= 0.6 is 12.2 Å². The number of nitrogens with zero attached hydrogens (tertiary/aromatic N) is 3. The van der Waals surface area contributed by atoms with Crippen LogP contribution in [0.3, 0.4) is 0 Å². The average molecular weight is 252 g/mol. The van der Waals surface area contributed by atoms with E-state index in [2.05, 4.69) is 24.2 Å². The van der Waals surface area contributed by atoms with Gasteiger partial charge in [0.25, 0.3) is 0 Å². The van der Waals surface area contributed by atoms with Gasteiger partial charge in [-0.25, -0.2) is 4.68 Å². The molecule has 1 aliphatic carbocycles. The topological polar surface area (TPSA) is 56.7 Å². The van der Waals surface area contributed by atoms with E-state index in [1.807, 2.05) is 4.68 Å². The van der Waals surface area contributed by atoms with Crippen molar-refractivity contribution in [1.29, 1.82) is 0 Å². The number of aromatic nitrogens is 3. The summed E-state index contributed by atoms with van der Waals surface area (Å²) in [5, 5.41) is 8.31. The van der Waals surface area contributed by atoms with Crippen molar-refractivity contribution >= 4 is 17.2 Å². The summed E-state index contributed by atoms with van der Waals surface area (Å²) >= 11 is 5.03. The van der Waals surface area contributed by atoms with Crippen LogP contribution in [0.1, 0.15) is 44.5 Å². The van der Waals surface area contributed by atoms with Crippen LogP contribution in [-0.4, -0.2) is 20.0 Å². The Labute approximate surface area is 108 Å². The van der Waals surface area contributed by atoms with Gasteiger partial charge in [-0.1, -0.05) is 31.3 Å². The third-order valence-electron chi connectivity index (χ3n) is 3.17. The highest BCUT2D eigenvalue weighted by Gasteiger charge is 2.26. The monoisotopic (exact) mass is 252 g/mol. The molecule has 2 rings (SSSR count). The zero-order valence-corrected chi connectivity index (χ0v) is 11.3. The molecule has 1 heterocycles. The second-order valence-electron chi connectivity index (χ2n) is 5.30. The van der Waals surface area contributed by atoms with Crippen LogP contribution < -0.4 is 5.73 Å². The van der Waals surface area contributed by atoms with Gasteiger partial charge in [0, 0.05) is 6.54 Å². The van der Waals surface area contributed by atoms with Gasteiger partial charge in [0.1, 0.15) is 10.7 Å². The predicted octanol–water partition coefficient (Wildman–Crippen LogP) is 1.91. The second kappa shape index (κ2) is 5.12. The van der Waals surface area contributed by atoms with Gasteiger partial charge in [0.05, 0.1) is 5.69 Å². The fourth-order valence-electron chi connectivity index (χ4n) is 1.88. The molecule has 0 bridgehead atoms. The van der Waals surface area contributed by atoms with Gasteiger partial charge in [0.15, 0.2) is 0 Å². The Bertz CT molecular complexity index is 407. The molecule has 1 aliphatic rings. The molecule has 4 nitrogen and oxygen atoms in total. The number of nitrogens with two attached hydrogens (primary N) is 1. The van der Waals surface area contributed by atoms with Crippen molar-refractivity contribution < 1.29 is 0 Å². The maximum absolute atomic E-state index is 5.70. The minimum atomic E-state index is 0.372. The van der Waals surface area contributed by atoms with E-state index >= 15 is 0 Å². The number of thiocarbonyl (C=S) groups is 1. The molecule has 0 radical (unpaired) electrons. The first kappa shape index (κ1) is 12.5. The molecule has 1 saturated carbocycles. The highest BCUT2D eigenvalue weighted by Crippen LogP contribution is 2.33.